The number of hydrogen-bond acceptors (Lipinski definition) is 4. The first-order valence-electron chi connectivity index (χ1n) is 8.40. The second kappa shape index (κ2) is 8.96. The van der Waals surface area contributed by atoms with Crippen LogP contribution in [-0.4, -0.2) is 33.7 Å². The molecule has 1 unspecified atom stereocenters. The highest BCUT2D eigenvalue weighted by Gasteiger charge is 2.31. The lowest BCUT2D eigenvalue weighted by Crippen LogP contribution is -2.47. The minimum absolute atomic E-state index is 0.231. The molecule has 0 aromatic heterocycles. The predicted octanol–water partition coefficient (Wildman–Crippen LogP) is 3.16. The Morgan fingerprint density at radius 3 is 2.44 bits per heavy atom. The molecule has 6 nitrogen and oxygen atoms in total. The molecule has 0 fully saturated rings. The number of hydrogen-bond donors (Lipinski definition) is 1. The first-order valence-corrected chi connectivity index (χ1v) is 10.2. The number of nitrogens with zero attached hydrogens (tertiary/aromatic N) is 1. The Balaban J connectivity index is 2.32. The Morgan fingerprint density at radius 1 is 1.22 bits per heavy atom. The van der Waals surface area contributed by atoms with Crippen LogP contribution in [0.3, 0.4) is 0 Å². The van der Waals surface area contributed by atoms with E-state index in [9.17, 15) is 17.6 Å². The van der Waals surface area contributed by atoms with E-state index in [1.165, 1.54) is 12.1 Å². The summed E-state index contributed by atoms with van der Waals surface area (Å²) in [7, 11) is -2.19. The monoisotopic (exact) mass is 394 g/mol. The molecule has 1 amide bonds. The van der Waals surface area contributed by atoms with Crippen molar-refractivity contribution in [2.75, 3.05) is 23.0 Å². The molecule has 0 bridgehead atoms. The molecule has 0 aliphatic heterocycles. The van der Waals surface area contributed by atoms with Crippen molar-refractivity contribution in [3.05, 3.63) is 59.9 Å². The number of nitrogens with one attached hydrogen (secondary N) is 1. The fraction of sp³-hybridized carbons (Fsp3) is 0.316. The van der Waals surface area contributed by atoms with Gasteiger partial charge in [-0.15, -0.1) is 0 Å². The summed E-state index contributed by atoms with van der Waals surface area (Å²) < 4.78 is 44.0. The zero-order valence-electron chi connectivity index (χ0n) is 15.5. The standard InChI is InChI=1S/C19H23FN2O4S/c1-4-18(19(23)21-16-7-5-6-14(12-16)13-26-2)22(27(3,24)25)17-10-8-15(20)9-11-17/h5-12,18H,4,13H2,1-3H3,(H,21,23). The second-order valence-corrected chi connectivity index (χ2v) is 7.94. The third-order valence-corrected chi connectivity index (χ3v) is 5.10. The number of carbonyl (C=O) groups excluding carboxylic acids is 1. The summed E-state index contributed by atoms with van der Waals surface area (Å²) in [5.74, 6) is -0.957. The number of amides is 1. The highest BCUT2D eigenvalue weighted by atomic mass is 32.2. The number of carbonyl (C=O) groups is 1. The van der Waals surface area contributed by atoms with Gasteiger partial charge in [0, 0.05) is 12.8 Å². The van der Waals surface area contributed by atoms with Crippen molar-refractivity contribution in [2.24, 2.45) is 0 Å². The van der Waals surface area contributed by atoms with Gasteiger partial charge in [-0.2, -0.15) is 0 Å². The van der Waals surface area contributed by atoms with Gasteiger partial charge in [0.05, 0.1) is 18.6 Å². The average molecular weight is 394 g/mol. The summed E-state index contributed by atoms with van der Waals surface area (Å²) in [4.78, 5) is 12.8. The maximum atomic E-state index is 13.2. The third-order valence-electron chi connectivity index (χ3n) is 3.92. The van der Waals surface area contributed by atoms with E-state index in [-0.39, 0.29) is 12.1 Å². The van der Waals surface area contributed by atoms with Gasteiger partial charge in [-0.25, -0.2) is 12.8 Å². The first kappa shape index (κ1) is 20.9. The molecule has 1 atom stereocenters. The highest BCUT2D eigenvalue weighted by molar-refractivity contribution is 7.92. The van der Waals surface area contributed by atoms with E-state index in [0.717, 1.165) is 28.3 Å². The number of benzene rings is 2. The van der Waals surface area contributed by atoms with Crippen molar-refractivity contribution in [1.29, 1.82) is 0 Å². The zero-order chi connectivity index (χ0) is 20.0. The molecule has 2 aromatic rings. The molecule has 2 aromatic carbocycles. The maximum absolute atomic E-state index is 13.2. The maximum Gasteiger partial charge on any atom is 0.248 e. The Kier molecular flexibility index (Phi) is 6.92. The van der Waals surface area contributed by atoms with E-state index < -0.39 is 27.8 Å². The molecule has 0 saturated carbocycles. The van der Waals surface area contributed by atoms with Crippen LogP contribution in [0.15, 0.2) is 48.5 Å². The third kappa shape index (κ3) is 5.51. The molecule has 0 aliphatic carbocycles. The van der Waals surface area contributed by atoms with Crippen LogP contribution in [0, 0.1) is 5.82 Å². The molecule has 8 heteroatoms. The molecule has 0 aliphatic rings. The summed E-state index contributed by atoms with van der Waals surface area (Å²) in [6.45, 7) is 2.11. The number of rotatable bonds is 8. The van der Waals surface area contributed by atoms with E-state index in [1.54, 1.807) is 32.2 Å². The Morgan fingerprint density at radius 2 is 1.89 bits per heavy atom. The van der Waals surface area contributed by atoms with Gasteiger partial charge >= 0.3 is 0 Å². The van der Waals surface area contributed by atoms with Crippen LogP contribution in [0.4, 0.5) is 15.8 Å². The van der Waals surface area contributed by atoms with Crippen molar-refractivity contribution in [2.45, 2.75) is 26.0 Å². The van der Waals surface area contributed by atoms with Gasteiger partial charge in [0.1, 0.15) is 11.9 Å². The van der Waals surface area contributed by atoms with Gasteiger partial charge in [-0.3, -0.25) is 9.10 Å². The lowest BCUT2D eigenvalue weighted by molar-refractivity contribution is -0.117. The largest absolute Gasteiger partial charge is 0.380 e. The lowest BCUT2D eigenvalue weighted by Gasteiger charge is -2.30. The Labute approximate surface area is 159 Å². The summed E-state index contributed by atoms with van der Waals surface area (Å²) in [5, 5.41) is 2.75. The van der Waals surface area contributed by atoms with Crippen LogP contribution in [0.1, 0.15) is 18.9 Å². The van der Waals surface area contributed by atoms with Crippen molar-refractivity contribution in [3.63, 3.8) is 0 Å². The number of ether oxygens (including phenoxy) is 1. The fourth-order valence-corrected chi connectivity index (χ4v) is 3.99. The van der Waals surface area contributed by atoms with E-state index in [2.05, 4.69) is 5.32 Å². The molecule has 0 saturated heterocycles. The molecule has 0 spiro atoms. The lowest BCUT2D eigenvalue weighted by atomic mass is 10.1. The van der Waals surface area contributed by atoms with Crippen LogP contribution >= 0.6 is 0 Å². The highest BCUT2D eigenvalue weighted by Crippen LogP contribution is 2.24. The van der Waals surface area contributed by atoms with Crippen molar-refractivity contribution in [3.8, 4) is 0 Å². The van der Waals surface area contributed by atoms with Gasteiger partial charge in [0.25, 0.3) is 0 Å². The van der Waals surface area contributed by atoms with Crippen LogP contribution in [0.25, 0.3) is 0 Å². The van der Waals surface area contributed by atoms with Gasteiger partial charge < -0.3 is 10.1 Å². The minimum atomic E-state index is -3.77. The number of halogens is 1. The summed E-state index contributed by atoms with van der Waals surface area (Å²) >= 11 is 0. The topological polar surface area (TPSA) is 75.7 Å². The molecule has 146 valence electrons. The van der Waals surface area contributed by atoms with E-state index in [4.69, 9.17) is 4.74 Å². The molecule has 1 N–H and O–H groups in total. The quantitative estimate of drug-likeness (QED) is 0.746. The van der Waals surface area contributed by atoms with E-state index in [0.29, 0.717) is 12.3 Å². The van der Waals surface area contributed by atoms with Crippen LogP contribution in [0.5, 0.6) is 0 Å². The summed E-state index contributed by atoms with van der Waals surface area (Å²) in [6.07, 6.45) is 1.26. The van der Waals surface area contributed by atoms with Crippen LogP contribution in [0.2, 0.25) is 0 Å². The van der Waals surface area contributed by atoms with Crippen LogP contribution < -0.4 is 9.62 Å². The van der Waals surface area contributed by atoms with Gasteiger partial charge in [0.15, 0.2) is 0 Å². The molecule has 0 radical (unpaired) electrons. The number of anilines is 2. The number of sulfonamides is 1. The SMILES string of the molecule is CCC(C(=O)Nc1cccc(COC)c1)N(c1ccc(F)cc1)S(C)(=O)=O. The molecule has 27 heavy (non-hydrogen) atoms. The van der Waals surface area contributed by atoms with Gasteiger partial charge in [-0.05, 0) is 48.4 Å². The molecular formula is C19H23FN2O4S. The van der Waals surface area contributed by atoms with Crippen LogP contribution in [-0.2, 0) is 26.2 Å². The Bertz CT molecular complexity index is 885. The molecule has 2 rings (SSSR count). The Hall–Kier alpha value is -2.45. The van der Waals surface area contributed by atoms with E-state index >= 15 is 0 Å². The fourth-order valence-electron chi connectivity index (χ4n) is 2.78. The van der Waals surface area contributed by atoms with Gasteiger partial charge in [0.2, 0.25) is 15.9 Å². The van der Waals surface area contributed by atoms with Gasteiger partial charge in [-0.1, -0.05) is 19.1 Å². The second-order valence-electron chi connectivity index (χ2n) is 6.08. The van der Waals surface area contributed by atoms with Crippen molar-refractivity contribution < 1.29 is 22.3 Å². The summed E-state index contributed by atoms with van der Waals surface area (Å²) in [5.41, 5.74) is 1.65. The molecular weight excluding hydrogens is 371 g/mol. The smallest absolute Gasteiger partial charge is 0.248 e. The predicted molar refractivity (Wildman–Crippen MR) is 104 cm³/mol. The minimum Gasteiger partial charge on any atom is -0.380 e. The number of methoxy groups -OCH3 is 1. The van der Waals surface area contributed by atoms with Crippen molar-refractivity contribution in [1.82, 2.24) is 0 Å². The summed E-state index contributed by atoms with van der Waals surface area (Å²) in [6, 6.07) is 11.1. The zero-order valence-corrected chi connectivity index (χ0v) is 16.3. The van der Waals surface area contributed by atoms with Crippen molar-refractivity contribution >= 4 is 27.3 Å². The normalized spacial score (nSPS) is 12.4. The first-order chi connectivity index (χ1) is 12.8. The molecule has 0 heterocycles. The van der Waals surface area contributed by atoms with E-state index in [1.807, 2.05) is 6.07 Å². The average Bonchev–Trinajstić information content (AvgIpc) is 2.60.